The summed E-state index contributed by atoms with van der Waals surface area (Å²) in [5.74, 6) is 2.22. The van der Waals surface area contributed by atoms with E-state index >= 15 is 0 Å². The Hall–Kier alpha value is -1.36. The lowest BCUT2D eigenvalue weighted by Crippen LogP contribution is -2.49. The molecule has 18 heavy (non-hydrogen) atoms. The van der Waals surface area contributed by atoms with Gasteiger partial charge in [0.1, 0.15) is 5.69 Å². The lowest BCUT2D eigenvalue weighted by atomic mass is 10.2. The summed E-state index contributed by atoms with van der Waals surface area (Å²) in [6, 6.07) is 0.495. The Morgan fingerprint density at radius 3 is 2.94 bits per heavy atom. The van der Waals surface area contributed by atoms with Crippen molar-refractivity contribution in [3.05, 3.63) is 11.9 Å². The second kappa shape index (κ2) is 4.72. The van der Waals surface area contributed by atoms with E-state index in [9.17, 15) is 0 Å². The van der Waals surface area contributed by atoms with Gasteiger partial charge in [0.25, 0.3) is 0 Å². The van der Waals surface area contributed by atoms with Crippen LogP contribution in [0.4, 0.5) is 5.82 Å². The number of rotatable bonds is 3. The highest BCUT2D eigenvalue weighted by Gasteiger charge is 2.30. The van der Waals surface area contributed by atoms with E-state index in [2.05, 4.69) is 27.1 Å². The van der Waals surface area contributed by atoms with Gasteiger partial charge in [0, 0.05) is 31.6 Å². The van der Waals surface area contributed by atoms with E-state index in [0.29, 0.717) is 17.8 Å². The van der Waals surface area contributed by atoms with E-state index in [1.807, 2.05) is 6.20 Å². The van der Waals surface area contributed by atoms with Crippen molar-refractivity contribution in [3.8, 4) is 5.88 Å². The highest BCUT2D eigenvalue weighted by atomic mass is 16.5. The number of piperazine rings is 1. The fraction of sp³-hybridized carbons (Fsp3) is 0.692. The molecule has 3 rings (SSSR count). The third-order valence-corrected chi connectivity index (χ3v) is 3.60. The Bertz CT molecular complexity index is 433. The number of ether oxygens (including phenoxy) is 1. The van der Waals surface area contributed by atoms with E-state index < -0.39 is 0 Å². The minimum absolute atomic E-state index is 0.495. The van der Waals surface area contributed by atoms with E-state index in [1.54, 1.807) is 7.11 Å². The molecule has 0 amide bonds. The van der Waals surface area contributed by atoms with Crippen LogP contribution in [0, 0.1) is 0 Å². The first-order valence-electron chi connectivity index (χ1n) is 6.67. The lowest BCUT2D eigenvalue weighted by Gasteiger charge is -2.32. The minimum Gasteiger partial charge on any atom is -0.480 e. The lowest BCUT2D eigenvalue weighted by molar-refractivity contribution is 0.388. The van der Waals surface area contributed by atoms with Crippen molar-refractivity contribution in [2.45, 2.75) is 31.7 Å². The summed E-state index contributed by atoms with van der Waals surface area (Å²) in [6.45, 7) is 5.14. The predicted octanol–water partition coefficient (Wildman–Crippen LogP) is 1.16. The van der Waals surface area contributed by atoms with Crippen molar-refractivity contribution in [1.82, 2.24) is 15.3 Å². The molecular weight excluding hydrogens is 228 g/mol. The summed E-state index contributed by atoms with van der Waals surface area (Å²) < 4.78 is 5.39. The van der Waals surface area contributed by atoms with Crippen molar-refractivity contribution < 1.29 is 4.74 Å². The molecule has 1 aromatic heterocycles. The van der Waals surface area contributed by atoms with Gasteiger partial charge >= 0.3 is 0 Å². The molecule has 0 aromatic carbocycles. The fourth-order valence-electron chi connectivity index (χ4n) is 2.45. The Morgan fingerprint density at radius 1 is 1.44 bits per heavy atom. The molecule has 0 spiro atoms. The average Bonchev–Trinajstić information content (AvgIpc) is 3.22. The summed E-state index contributed by atoms with van der Waals surface area (Å²) in [6.07, 6.45) is 4.33. The maximum absolute atomic E-state index is 5.39. The van der Waals surface area contributed by atoms with Crippen LogP contribution in [0.1, 0.15) is 31.4 Å². The van der Waals surface area contributed by atoms with Gasteiger partial charge in [-0.25, -0.2) is 0 Å². The number of nitrogens with one attached hydrogen (secondary N) is 1. The summed E-state index contributed by atoms with van der Waals surface area (Å²) in [4.78, 5) is 11.5. The van der Waals surface area contributed by atoms with E-state index in [0.717, 1.165) is 31.1 Å². The zero-order valence-electron chi connectivity index (χ0n) is 11.0. The molecule has 1 unspecified atom stereocenters. The highest BCUT2D eigenvalue weighted by molar-refractivity contribution is 5.42. The summed E-state index contributed by atoms with van der Waals surface area (Å²) in [5, 5.41) is 3.43. The molecule has 2 fully saturated rings. The van der Waals surface area contributed by atoms with Crippen LogP contribution < -0.4 is 15.0 Å². The van der Waals surface area contributed by atoms with Crippen molar-refractivity contribution >= 4 is 5.82 Å². The van der Waals surface area contributed by atoms with Crippen molar-refractivity contribution in [3.63, 3.8) is 0 Å². The Balaban J connectivity index is 1.83. The SMILES string of the molecule is COc1nc(N2CCNC(C)C2)cnc1C1CC1. The zero-order chi connectivity index (χ0) is 12.5. The molecule has 1 N–H and O–H groups in total. The molecule has 1 aliphatic carbocycles. The first-order chi connectivity index (χ1) is 8.78. The van der Waals surface area contributed by atoms with Crippen LogP contribution in [0.15, 0.2) is 6.20 Å². The molecule has 1 aromatic rings. The molecule has 98 valence electrons. The normalized spacial score (nSPS) is 24.1. The second-order valence-corrected chi connectivity index (χ2v) is 5.20. The van der Waals surface area contributed by atoms with Crippen molar-refractivity contribution in [1.29, 1.82) is 0 Å². The van der Waals surface area contributed by atoms with Gasteiger partial charge in [-0.15, -0.1) is 0 Å². The number of methoxy groups -OCH3 is 1. The van der Waals surface area contributed by atoms with Crippen LogP contribution >= 0.6 is 0 Å². The van der Waals surface area contributed by atoms with Gasteiger partial charge in [-0.1, -0.05) is 0 Å². The molecule has 5 heteroatoms. The maximum atomic E-state index is 5.39. The molecule has 0 radical (unpaired) electrons. The molecular formula is C13H20N4O. The molecule has 2 heterocycles. The summed E-state index contributed by atoms with van der Waals surface area (Å²) in [5.41, 5.74) is 1.03. The quantitative estimate of drug-likeness (QED) is 0.870. The Kier molecular flexibility index (Phi) is 3.07. The van der Waals surface area contributed by atoms with E-state index in [-0.39, 0.29) is 0 Å². The molecule has 1 saturated carbocycles. The number of hydrogen-bond acceptors (Lipinski definition) is 5. The first-order valence-corrected chi connectivity index (χ1v) is 6.67. The maximum Gasteiger partial charge on any atom is 0.237 e. The number of nitrogens with zero attached hydrogens (tertiary/aromatic N) is 3. The first kappa shape index (κ1) is 11.7. The number of anilines is 1. The largest absolute Gasteiger partial charge is 0.480 e. The summed E-state index contributed by atoms with van der Waals surface area (Å²) >= 11 is 0. The fourth-order valence-corrected chi connectivity index (χ4v) is 2.45. The van der Waals surface area contributed by atoms with Gasteiger partial charge < -0.3 is 15.0 Å². The van der Waals surface area contributed by atoms with Gasteiger partial charge in [-0.2, -0.15) is 4.98 Å². The Morgan fingerprint density at radius 2 is 2.28 bits per heavy atom. The van der Waals surface area contributed by atoms with Gasteiger partial charge in [0.05, 0.1) is 13.3 Å². The van der Waals surface area contributed by atoms with Crippen LogP contribution in [0.25, 0.3) is 0 Å². The molecule has 1 aliphatic heterocycles. The van der Waals surface area contributed by atoms with Crippen LogP contribution in [-0.2, 0) is 0 Å². The third kappa shape index (κ3) is 2.27. The molecule has 1 atom stereocenters. The summed E-state index contributed by atoms with van der Waals surface area (Å²) in [7, 11) is 1.68. The monoisotopic (exact) mass is 248 g/mol. The third-order valence-electron chi connectivity index (χ3n) is 3.60. The molecule has 2 aliphatic rings. The van der Waals surface area contributed by atoms with Crippen molar-refractivity contribution in [2.75, 3.05) is 31.6 Å². The molecule has 1 saturated heterocycles. The topological polar surface area (TPSA) is 50.3 Å². The highest BCUT2D eigenvalue weighted by Crippen LogP contribution is 2.42. The Labute approximate surface area is 108 Å². The van der Waals surface area contributed by atoms with E-state index in [4.69, 9.17) is 4.74 Å². The predicted molar refractivity (Wildman–Crippen MR) is 70.2 cm³/mol. The number of hydrogen-bond donors (Lipinski definition) is 1. The number of aromatic nitrogens is 2. The average molecular weight is 248 g/mol. The van der Waals surface area contributed by atoms with E-state index in [1.165, 1.54) is 12.8 Å². The van der Waals surface area contributed by atoms with Crippen LogP contribution in [0.3, 0.4) is 0 Å². The van der Waals surface area contributed by atoms with Gasteiger partial charge in [-0.3, -0.25) is 4.98 Å². The van der Waals surface area contributed by atoms with Crippen LogP contribution in [0.2, 0.25) is 0 Å². The van der Waals surface area contributed by atoms with Gasteiger partial charge in [0.2, 0.25) is 5.88 Å². The second-order valence-electron chi connectivity index (χ2n) is 5.20. The van der Waals surface area contributed by atoms with Crippen molar-refractivity contribution in [2.24, 2.45) is 0 Å². The van der Waals surface area contributed by atoms with Crippen LogP contribution in [-0.4, -0.2) is 42.8 Å². The molecule has 0 bridgehead atoms. The van der Waals surface area contributed by atoms with Gasteiger partial charge in [0.15, 0.2) is 5.82 Å². The van der Waals surface area contributed by atoms with Crippen LogP contribution in [0.5, 0.6) is 5.88 Å². The minimum atomic E-state index is 0.495. The zero-order valence-corrected chi connectivity index (χ0v) is 11.0. The molecule has 5 nitrogen and oxygen atoms in total. The smallest absolute Gasteiger partial charge is 0.237 e. The standard InChI is InChI=1S/C13H20N4O/c1-9-8-17(6-5-14-9)11-7-15-12(10-3-4-10)13(16-11)18-2/h7,9-10,14H,3-6,8H2,1-2H3. The van der Waals surface area contributed by atoms with Gasteiger partial charge in [-0.05, 0) is 19.8 Å².